The van der Waals surface area contributed by atoms with Crippen molar-refractivity contribution in [1.82, 2.24) is 0 Å². The molecule has 1 saturated carbocycles. The molecule has 1 aliphatic rings. The van der Waals surface area contributed by atoms with Gasteiger partial charge in [0, 0.05) is 12.1 Å². The Bertz CT molecular complexity index is 490. The number of methoxy groups -OCH3 is 1. The predicted molar refractivity (Wildman–Crippen MR) is 74.7 cm³/mol. The minimum Gasteiger partial charge on any atom is -0.497 e. The van der Waals surface area contributed by atoms with E-state index >= 15 is 0 Å². The second-order valence-corrected chi connectivity index (χ2v) is 5.01. The molecular weight excluding hydrogens is 280 g/mol. The van der Waals surface area contributed by atoms with Crippen molar-refractivity contribution in [3.8, 4) is 5.75 Å². The van der Waals surface area contributed by atoms with Crippen LogP contribution in [0.5, 0.6) is 5.75 Å². The molecule has 1 fully saturated rings. The lowest BCUT2D eigenvalue weighted by Gasteiger charge is -2.25. The van der Waals surface area contributed by atoms with Gasteiger partial charge in [-0.25, -0.2) is 8.78 Å². The third-order valence-electron chi connectivity index (χ3n) is 3.65. The van der Waals surface area contributed by atoms with Crippen LogP contribution < -0.4 is 10.1 Å². The zero-order valence-electron chi connectivity index (χ0n) is 12.1. The molecule has 0 aromatic heterocycles. The monoisotopic (exact) mass is 299 g/mol. The van der Waals surface area contributed by atoms with Crippen molar-refractivity contribution in [1.29, 1.82) is 0 Å². The van der Waals surface area contributed by atoms with E-state index in [1.807, 2.05) is 0 Å². The molecule has 0 radical (unpaired) electrons. The molecule has 6 heteroatoms. The van der Waals surface area contributed by atoms with Crippen LogP contribution in [0.4, 0.5) is 14.5 Å². The van der Waals surface area contributed by atoms with E-state index in [2.05, 4.69) is 5.32 Å². The Morgan fingerprint density at radius 1 is 1.38 bits per heavy atom. The standard InChI is InChI=1S/C15H19F2NO3/c1-3-21-14(19)12-8-9-15(16,17)13(12)18-10-4-6-11(20-2)7-5-10/h4-7,12-13,18H,3,8-9H2,1-2H3/t12-,13-/m0/s1. The maximum absolute atomic E-state index is 14.0. The molecule has 0 saturated heterocycles. The van der Waals surface area contributed by atoms with Gasteiger partial charge in [0.2, 0.25) is 0 Å². The van der Waals surface area contributed by atoms with Crippen LogP contribution in [-0.2, 0) is 9.53 Å². The number of alkyl halides is 2. The van der Waals surface area contributed by atoms with E-state index in [-0.39, 0.29) is 19.4 Å². The normalized spacial score (nSPS) is 23.6. The average Bonchev–Trinajstić information content (AvgIpc) is 2.76. The minimum atomic E-state index is -2.93. The fourth-order valence-corrected chi connectivity index (χ4v) is 2.54. The average molecular weight is 299 g/mol. The van der Waals surface area contributed by atoms with E-state index in [0.29, 0.717) is 11.4 Å². The number of carbonyl (C=O) groups excluding carboxylic acids is 1. The zero-order chi connectivity index (χ0) is 15.5. The van der Waals surface area contributed by atoms with Crippen molar-refractivity contribution in [2.75, 3.05) is 19.0 Å². The van der Waals surface area contributed by atoms with Gasteiger partial charge >= 0.3 is 5.97 Å². The third-order valence-corrected chi connectivity index (χ3v) is 3.65. The van der Waals surface area contributed by atoms with Gasteiger partial charge in [0.25, 0.3) is 5.92 Å². The second kappa shape index (κ2) is 6.28. The molecule has 1 aliphatic carbocycles. The molecule has 4 nitrogen and oxygen atoms in total. The minimum absolute atomic E-state index is 0.125. The summed E-state index contributed by atoms with van der Waals surface area (Å²) in [6, 6.07) is 5.40. The molecule has 0 amide bonds. The predicted octanol–water partition coefficient (Wildman–Crippen LogP) is 3.08. The summed E-state index contributed by atoms with van der Waals surface area (Å²) in [5.41, 5.74) is 0.525. The first-order valence-corrected chi connectivity index (χ1v) is 6.93. The van der Waals surface area contributed by atoms with Gasteiger partial charge in [0.1, 0.15) is 11.8 Å². The number of anilines is 1. The van der Waals surface area contributed by atoms with Crippen LogP contribution in [0.1, 0.15) is 19.8 Å². The fraction of sp³-hybridized carbons (Fsp3) is 0.533. The maximum Gasteiger partial charge on any atom is 0.311 e. The molecule has 116 valence electrons. The Kier molecular flexibility index (Phi) is 4.65. The number of benzene rings is 1. The molecule has 1 aromatic rings. The van der Waals surface area contributed by atoms with E-state index in [9.17, 15) is 13.6 Å². The molecule has 21 heavy (non-hydrogen) atoms. The van der Waals surface area contributed by atoms with Crippen LogP contribution >= 0.6 is 0 Å². The number of hydrogen-bond acceptors (Lipinski definition) is 4. The van der Waals surface area contributed by atoms with Crippen molar-refractivity contribution in [3.05, 3.63) is 24.3 Å². The summed E-state index contributed by atoms with van der Waals surface area (Å²) in [6.45, 7) is 1.85. The van der Waals surface area contributed by atoms with Gasteiger partial charge < -0.3 is 14.8 Å². The summed E-state index contributed by atoms with van der Waals surface area (Å²) >= 11 is 0. The van der Waals surface area contributed by atoms with Gasteiger partial charge in [0.15, 0.2) is 0 Å². The lowest BCUT2D eigenvalue weighted by atomic mass is 10.0. The first-order valence-electron chi connectivity index (χ1n) is 6.93. The van der Waals surface area contributed by atoms with Crippen molar-refractivity contribution in [2.45, 2.75) is 31.7 Å². The van der Waals surface area contributed by atoms with Crippen LogP contribution in [0.3, 0.4) is 0 Å². The molecule has 2 rings (SSSR count). The summed E-state index contributed by atoms with van der Waals surface area (Å²) in [5, 5.41) is 2.77. The first-order chi connectivity index (χ1) is 9.97. The lowest BCUT2D eigenvalue weighted by Crippen LogP contribution is -2.42. The number of nitrogens with one attached hydrogen (secondary N) is 1. The molecule has 0 unspecified atom stereocenters. The van der Waals surface area contributed by atoms with Gasteiger partial charge in [-0.05, 0) is 37.6 Å². The second-order valence-electron chi connectivity index (χ2n) is 5.01. The molecule has 2 atom stereocenters. The smallest absolute Gasteiger partial charge is 0.311 e. The SMILES string of the molecule is CCOC(=O)[C@H]1CCC(F)(F)[C@H]1Nc1ccc(OC)cc1. The highest BCUT2D eigenvalue weighted by Gasteiger charge is 2.53. The Morgan fingerprint density at radius 2 is 2.05 bits per heavy atom. The highest BCUT2D eigenvalue weighted by atomic mass is 19.3. The van der Waals surface area contributed by atoms with Gasteiger partial charge in [0.05, 0.1) is 19.6 Å². The summed E-state index contributed by atoms with van der Waals surface area (Å²) in [6.07, 6.45) is -0.191. The van der Waals surface area contributed by atoms with Crippen molar-refractivity contribution in [3.63, 3.8) is 0 Å². The molecule has 1 N–H and O–H groups in total. The van der Waals surface area contributed by atoms with Crippen LogP contribution in [0, 0.1) is 5.92 Å². The number of hydrogen-bond donors (Lipinski definition) is 1. The van der Waals surface area contributed by atoms with Gasteiger partial charge in [-0.3, -0.25) is 4.79 Å². The van der Waals surface area contributed by atoms with Crippen LogP contribution in [-0.4, -0.2) is 31.7 Å². The molecule has 0 heterocycles. The van der Waals surface area contributed by atoms with E-state index in [4.69, 9.17) is 9.47 Å². The molecule has 0 bridgehead atoms. The number of ether oxygens (including phenoxy) is 2. The third kappa shape index (κ3) is 3.43. The summed E-state index contributed by atoms with van der Waals surface area (Å²) in [5.74, 6) is -3.69. The van der Waals surface area contributed by atoms with Gasteiger partial charge in [-0.2, -0.15) is 0 Å². The lowest BCUT2D eigenvalue weighted by molar-refractivity contribution is -0.149. The fourth-order valence-electron chi connectivity index (χ4n) is 2.54. The largest absolute Gasteiger partial charge is 0.497 e. The Labute approximate surface area is 122 Å². The Balaban J connectivity index is 2.14. The van der Waals surface area contributed by atoms with Crippen LogP contribution in [0.25, 0.3) is 0 Å². The summed E-state index contributed by atoms with van der Waals surface area (Å²) in [7, 11) is 1.53. The van der Waals surface area contributed by atoms with Gasteiger partial charge in [-0.1, -0.05) is 0 Å². The van der Waals surface area contributed by atoms with Crippen LogP contribution in [0.2, 0.25) is 0 Å². The zero-order valence-corrected chi connectivity index (χ0v) is 12.1. The highest BCUT2D eigenvalue weighted by molar-refractivity contribution is 5.75. The van der Waals surface area contributed by atoms with Crippen molar-refractivity contribution < 1.29 is 23.0 Å². The quantitative estimate of drug-likeness (QED) is 0.849. The van der Waals surface area contributed by atoms with E-state index in [0.717, 1.165) is 0 Å². The summed E-state index contributed by atoms with van der Waals surface area (Å²) in [4.78, 5) is 11.8. The van der Waals surface area contributed by atoms with Crippen molar-refractivity contribution in [2.24, 2.45) is 5.92 Å². The van der Waals surface area contributed by atoms with E-state index < -0.39 is 23.9 Å². The van der Waals surface area contributed by atoms with Gasteiger partial charge in [-0.15, -0.1) is 0 Å². The molecule has 0 aliphatic heterocycles. The molecule has 1 aromatic carbocycles. The number of esters is 1. The Hall–Kier alpha value is -1.85. The van der Waals surface area contributed by atoms with Crippen molar-refractivity contribution >= 4 is 11.7 Å². The molecule has 0 spiro atoms. The number of halogens is 2. The highest BCUT2D eigenvalue weighted by Crippen LogP contribution is 2.41. The number of carbonyl (C=O) groups is 1. The van der Waals surface area contributed by atoms with E-state index in [1.165, 1.54) is 7.11 Å². The van der Waals surface area contributed by atoms with E-state index in [1.54, 1.807) is 31.2 Å². The maximum atomic E-state index is 14.0. The molecular formula is C15H19F2NO3. The Morgan fingerprint density at radius 3 is 2.62 bits per heavy atom. The van der Waals surface area contributed by atoms with Crippen LogP contribution in [0.15, 0.2) is 24.3 Å². The first kappa shape index (κ1) is 15.5. The number of rotatable bonds is 5. The summed E-state index contributed by atoms with van der Waals surface area (Å²) < 4.78 is 37.9. The topological polar surface area (TPSA) is 47.6 Å².